The Kier molecular flexibility index (Phi) is 9.81. The first-order valence-corrected chi connectivity index (χ1v) is 10.3. The summed E-state index contributed by atoms with van der Waals surface area (Å²) in [4.78, 5) is 35.8. The van der Waals surface area contributed by atoms with Crippen molar-refractivity contribution >= 4 is 17.9 Å². The molecule has 6 heteroatoms. The molecule has 27 heavy (non-hydrogen) atoms. The molecule has 156 valence electrons. The van der Waals surface area contributed by atoms with Crippen molar-refractivity contribution in [2.45, 2.75) is 110 Å². The van der Waals surface area contributed by atoms with E-state index in [1.807, 2.05) is 0 Å². The van der Waals surface area contributed by atoms with Crippen LogP contribution in [0, 0.1) is 5.92 Å². The molecule has 0 heterocycles. The van der Waals surface area contributed by atoms with Crippen molar-refractivity contribution in [2.24, 2.45) is 5.92 Å². The summed E-state index contributed by atoms with van der Waals surface area (Å²) in [5.41, 5.74) is -0.752. The van der Waals surface area contributed by atoms with Crippen molar-refractivity contribution in [3.63, 3.8) is 0 Å². The first-order valence-electron chi connectivity index (χ1n) is 10.3. The van der Waals surface area contributed by atoms with Crippen LogP contribution in [0.1, 0.15) is 92.4 Å². The third-order valence-electron chi connectivity index (χ3n) is 4.93. The molecule has 1 aliphatic rings. The lowest BCUT2D eigenvalue weighted by Crippen LogP contribution is -2.49. The predicted molar refractivity (Wildman–Crippen MR) is 102 cm³/mol. The predicted octanol–water partition coefficient (Wildman–Crippen LogP) is 4.33. The quantitative estimate of drug-likeness (QED) is 0.412. The normalized spacial score (nSPS) is 25.1. The molecule has 1 aliphatic carbocycles. The zero-order valence-electron chi connectivity index (χ0n) is 17.5. The SMILES string of the molecule is CCC(=O)OC1CC(OC(=O)CC)CC(CCCC(C)C)(OC(=O)CC)C1. The van der Waals surface area contributed by atoms with Crippen molar-refractivity contribution in [3.8, 4) is 0 Å². The van der Waals surface area contributed by atoms with Crippen molar-refractivity contribution in [3.05, 3.63) is 0 Å². The summed E-state index contributed by atoms with van der Waals surface area (Å²) < 4.78 is 17.0. The zero-order valence-corrected chi connectivity index (χ0v) is 17.5. The van der Waals surface area contributed by atoms with E-state index in [1.54, 1.807) is 20.8 Å². The van der Waals surface area contributed by atoms with Crippen LogP contribution in [0.3, 0.4) is 0 Å². The molecule has 1 fully saturated rings. The summed E-state index contributed by atoms with van der Waals surface area (Å²) in [6.07, 6.45) is 3.99. The smallest absolute Gasteiger partial charge is 0.306 e. The van der Waals surface area contributed by atoms with Gasteiger partial charge in [0, 0.05) is 38.5 Å². The highest BCUT2D eigenvalue weighted by Crippen LogP contribution is 2.39. The molecule has 6 nitrogen and oxygen atoms in total. The van der Waals surface area contributed by atoms with E-state index in [1.165, 1.54) is 0 Å². The highest BCUT2D eigenvalue weighted by molar-refractivity contribution is 5.70. The van der Waals surface area contributed by atoms with Gasteiger partial charge in [0.2, 0.25) is 0 Å². The lowest BCUT2D eigenvalue weighted by Gasteiger charge is -2.43. The average Bonchev–Trinajstić information content (AvgIpc) is 2.60. The summed E-state index contributed by atoms with van der Waals surface area (Å²) in [7, 11) is 0. The Morgan fingerprint density at radius 3 is 1.78 bits per heavy atom. The highest BCUT2D eigenvalue weighted by Gasteiger charge is 2.45. The van der Waals surface area contributed by atoms with Gasteiger partial charge in [0.25, 0.3) is 0 Å². The minimum Gasteiger partial charge on any atom is -0.462 e. The average molecular weight is 385 g/mol. The fraction of sp³-hybridized carbons (Fsp3) is 0.857. The van der Waals surface area contributed by atoms with Crippen LogP contribution in [0.4, 0.5) is 0 Å². The van der Waals surface area contributed by atoms with Gasteiger partial charge in [-0.25, -0.2) is 0 Å². The van der Waals surface area contributed by atoms with E-state index >= 15 is 0 Å². The molecule has 0 aromatic carbocycles. The maximum atomic E-state index is 12.1. The first kappa shape index (κ1) is 23.4. The largest absolute Gasteiger partial charge is 0.462 e. The lowest BCUT2D eigenvalue weighted by atomic mass is 9.77. The Morgan fingerprint density at radius 2 is 1.37 bits per heavy atom. The van der Waals surface area contributed by atoms with Gasteiger partial charge in [-0.3, -0.25) is 14.4 Å². The van der Waals surface area contributed by atoms with Crippen molar-refractivity contribution in [2.75, 3.05) is 0 Å². The molecular formula is C21H36O6. The second-order valence-corrected chi connectivity index (χ2v) is 7.87. The van der Waals surface area contributed by atoms with E-state index in [0.29, 0.717) is 31.6 Å². The summed E-state index contributed by atoms with van der Waals surface area (Å²) in [6.45, 7) is 9.56. The molecule has 0 aromatic heterocycles. The second-order valence-electron chi connectivity index (χ2n) is 7.87. The number of ether oxygens (including phenoxy) is 3. The Balaban J connectivity index is 3.01. The number of rotatable bonds is 10. The van der Waals surface area contributed by atoms with Crippen LogP contribution in [0.25, 0.3) is 0 Å². The van der Waals surface area contributed by atoms with Gasteiger partial charge < -0.3 is 14.2 Å². The minimum absolute atomic E-state index is 0.275. The molecule has 0 saturated heterocycles. The van der Waals surface area contributed by atoms with E-state index in [9.17, 15) is 14.4 Å². The van der Waals surface area contributed by atoms with Gasteiger partial charge in [0.1, 0.15) is 17.8 Å². The van der Waals surface area contributed by atoms with Crippen molar-refractivity contribution in [1.82, 2.24) is 0 Å². The molecule has 0 aliphatic heterocycles. The number of carbonyl (C=O) groups is 3. The molecule has 0 amide bonds. The molecular weight excluding hydrogens is 348 g/mol. The molecule has 0 N–H and O–H groups in total. The van der Waals surface area contributed by atoms with E-state index in [0.717, 1.165) is 12.8 Å². The summed E-state index contributed by atoms with van der Waals surface area (Å²) >= 11 is 0. The van der Waals surface area contributed by atoms with E-state index in [4.69, 9.17) is 14.2 Å². The Bertz CT molecular complexity index is 473. The Labute approximate surface area is 163 Å². The second kappa shape index (κ2) is 11.3. The summed E-state index contributed by atoms with van der Waals surface area (Å²) in [6, 6.07) is 0. The van der Waals surface area contributed by atoms with Crippen LogP contribution in [0.2, 0.25) is 0 Å². The number of hydrogen-bond acceptors (Lipinski definition) is 6. The fourth-order valence-corrected chi connectivity index (χ4v) is 3.58. The maximum absolute atomic E-state index is 12.1. The van der Waals surface area contributed by atoms with Crippen LogP contribution < -0.4 is 0 Å². The molecule has 2 atom stereocenters. The van der Waals surface area contributed by atoms with Crippen molar-refractivity contribution in [1.29, 1.82) is 0 Å². The van der Waals surface area contributed by atoms with Crippen molar-refractivity contribution < 1.29 is 28.6 Å². The van der Waals surface area contributed by atoms with Gasteiger partial charge in [-0.1, -0.05) is 41.0 Å². The summed E-state index contributed by atoms with van der Waals surface area (Å²) in [5, 5.41) is 0. The van der Waals surface area contributed by atoms with Crippen LogP contribution >= 0.6 is 0 Å². The van der Waals surface area contributed by atoms with Crippen LogP contribution in [0.15, 0.2) is 0 Å². The van der Waals surface area contributed by atoms with E-state index in [-0.39, 0.29) is 37.2 Å². The minimum atomic E-state index is -0.752. The topological polar surface area (TPSA) is 78.9 Å². The van der Waals surface area contributed by atoms with Gasteiger partial charge in [0.05, 0.1) is 0 Å². The Morgan fingerprint density at radius 1 is 0.889 bits per heavy atom. The maximum Gasteiger partial charge on any atom is 0.306 e. The fourth-order valence-electron chi connectivity index (χ4n) is 3.58. The van der Waals surface area contributed by atoms with E-state index in [2.05, 4.69) is 13.8 Å². The lowest BCUT2D eigenvalue weighted by molar-refractivity contribution is -0.187. The van der Waals surface area contributed by atoms with Gasteiger partial charge in [0.15, 0.2) is 0 Å². The Hall–Kier alpha value is -1.59. The molecule has 0 aromatic rings. The molecule has 1 saturated carbocycles. The molecule has 2 unspecified atom stereocenters. The monoisotopic (exact) mass is 384 g/mol. The van der Waals surface area contributed by atoms with Gasteiger partial charge in [-0.15, -0.1) is 0 Å². The van der Waals surface area contributed by atoms with Crippen LogP contribution in [-0.2, 0) is 28.6 Å². The van der Waals surface area contributed by atoms with Gasteiger partial charge >= 0.3 is 17.9 Å². The molecule has 0 bridgehead atoms. The standard InChI is InChI=1S/C21H36O6/c1-6-18(22)25-16-12-17(26-19(23)7-2)14-21(13-16,27-20(24)8-3)11-9-10-15(4)5/h15-17H,6-14H2,1-5H3. The zero-order chi connectivity index (χ0) is 20.4. The van der Waals surface area contributed by atoms with Crippen LogP contribution in [0.5, 0.6) is 0 Å². The third kappa shape index (κ3) is 8.31. The summed E-state index contributed by atoms with van der Waals surface area (Å²) in [5.74, 6) is -0.307. The first-order chi connectivity index (χ1) is 12.7. The number of hydrogen-bond donors (Lipinski definition) is 0. The number of esters is 3. The van der Waals surface area contributed by atoms with Crippen LogP contribution in [-0.4, -0.2) is 35.7 Å². The third-order valence-corrected chi connectivity index (χ3v) is 4.93. The molecule has 1 rings (SSSR count). The van der Waals surface area contributed by atoms with E-state index < -0.39 is 17.8 Å². The molecule has 0 radical (unpaired) electrons. The van der Waals surface area contributed by atoms with Gasteiger partial charge in [-0.05, 0) is 18.8 Å². The number of carbonyl (C=O) groups excluding carboxylic acids is 3. The van der Waals surface area contributed by atoms with Gasteiger partial charge in [-0.2, -0.15) is 0 Å². The highest BCUT2D eigenvalue weighted by atomic mass is 16.6. The molecule has 0 spiro atoms.